The van der Waals surface area contributed by atoms with Crippen molar-refractivity contribution >= 4 is 35.6 Å². The lowest BCUT2D eigenvalue weighted by Gasteiger charge is -2.36. The first-order valence-corrected chi connectivity index (χ1v) is 22.5. The number of halogens is 1. The summed E-state index contributed by atoms with van der Waals surface area (Å²) in [6, 6.07) is 14.3. The second-order valence-corrected chi connectivity index (χ2v) is 17.9. The third kappa shape index (κ3) is 8.77. The highest BCUT2D eigenvalue weighted by Crippen LogP contribution is 2.54. The zero-order chi connectivity index (χ0) is 43.8. The van der Waals surface area contributed by atoms with Crippen molar-refractivity contribution in [1.29, 1.82) is 0 Å². The van der Waals surface area contributed by atoms with Gasteiger partial charge < -0.3 is 49.3 Å². The molecule has 334 valence electrons. The molecule has 5 fully saturated rings. The summed E-state index contributed by atoms with van der Waals surface area (Å²) >= 11 is 6.82. The average Bonchev–Trinajstić information content (AvgIpc) is 3.72. The van der Waals surface area contributed by atoms with Gasteiger partial charge in [-0.05, 0) is 80.9 Å². The van der Waals surface area contributed by atoms with Gasteiger partial charge in [0.2, 0.25) is 11.8 Å². The molecule has 4 aliphatic heterocycles. The Hall–Kier alpha value is -5.45. The Labute approximate surface area is 371 Å². The summed E-state index contributed by atoms with van der Waals surface area (Å²) in [6.45, 7) is 4.13. The second kappa shape index (κ2) is 18.3. The molecule has 6 heterocycles. The van der Waals surface area contributed by atoms with Gasteiger partial charge in [-0.15, -0.1) is 0 Å². The van der Waals surface area contributed by atoms with Crippen molar-refractivity contribution in [3.63, 3.8) is 0 Å². The van der Waals surface area contributed by atoms with Crippen molar-refractivity contribution in [2.45, 2.75) is 94.5 Å². The van der Waals surface area contributed by atoms with Crippen LogP contribution in [0, 0.1) is 17.8 Å². The van der Waals surface area contributed by atoms with E-state index in [0.29, 0.717) is 54.8 Å². The maximum atomic E-state index is 14.2. The van der Waals surface area contributed by atoms with Gasteiger partial charge in [-0.3, -0.25) is 9.59 Å². The van der Waals surface area contributed by atoms with E-state index in [1.54, 1.807) is 6.20 Å². The lowest BCUT2D eigenvalue weighted by molar-refractivity contribution is -0.139. The number of methoxy groups -OCH3 is 2. The number of hydrogen-bond donors (Lipinski definition) is 4. The molecule has 1 aliphatic carbocycles. The van der Waals surface area contributed by atoms with Crippen LogP contribution in [0.3, 0.4) is 0 Å². The molecule has 0 radical (unpaired) electrons. The minimum absolute atomic E-state index is 0.0312. The number of H-pyrrole nitrogens is 2. The number of nitrogens with one attached hydrogen (secondary N) is 4. The van der Waals surface area contributed by atoms with Gasteiger partial charge >= 0.3 is 12.2 Å². The number of ether oxygens (including phenoxy) is 4. The van der Waals surface area contributed by atoms with E-state index in [0.717, 1.165) is 79.3 Å². The monoisotopic (exact) mass is 882 g/mol. The van der Waals surface area contributed by atoms with Crippen LogP contribution in [0.25, 0.3) is 33.6 Å². The number of amides is 4. The molecule has 0 bridgehead atoms. The van der Waals surface area contributed by atoms with E-state index in [2.05, 4.69) is 32.7 Å². The third-order valence-electron chi connectivity index (χ3n) is 13.7. The van der Waals surface area contributed by atoms with Crippen LogP contribution in [0.4, 0.5) is 9.59 Å². The standard InChI is InChI=1S/C46H55ClN8O8/c1-25-8-17-34(54(25)43(56)38(51-45(58)60-2)30-6-4-18-62-23-30)41-48-22-33(49-41)28-13-9-26(10-14-28)27-11-15-29(16-12-27)37-40(47)53-42(50-37)36-21-32-20-35(32)55(36)44(57)39(52-46(59)61-3)31-7-5-19-63-24-31/h9-16,22,25,30-32,34-36,38-39H,4-8,17-21,23-24H2,1-3H3,(H,48,49)(H,50,53)(H,51,58)(H,52,59)/t25-,30-,31?,32-,34+,35-,36+,38+,39+/m1/s1. The van der Waals surface area contributed by atoms with Crippen LogP contribution in [-0.4, -0.2) is 119 Å². The number of carbonyl (C=O) groups is 4. The minimum atomic E-state index is -0.758. The van der Waals surface area contributed by atoms with E-state index in [-0.39, 0.29) is 47.8 Å². The number of aromatic amines is 2. The molecule has 4 saturated heterocycles. The van der Waals surface area contributed by atoms with Crippen LogP contribution in [0.5, 0.6) is 0 Å². The maximum absolute atomic E-state index is 14.2. The Morgan fingerprint density at radius 2 is 1.30 bits per heavy atom. The van der Waals surface area contributed by atoms with E-state index in [9.17, 15) is 19.2 Å². The van der Waals surface area contributed by atoms with Crippen LogP contribution >= 0.6 is 11.6 Å². The molecule has 9 atom stereocenters. The van der Waals surface area contributed by atoms with Gasteiger partial charge in [0.1, 0.15) is 34.6 Å². The molecule has 2 aromatic carbocycles. The fourth-order valence-electron chi connectivity index (χ4n) is 10.2. The molecular formula is C46H55ClN8O8. The van der Waals surface area contributed by atoms with Gasteiger partial charge in [-0.1, -0.05) is 60.1 Å². The lowest BCUT2D eigenvalue weighted by atomic mass is 9.92. The molecule has 5 aliphatic rings. The SMILES string of the molecule is COC(=O)N[C@H](C(=O)N1[C@@H]2C[C@@H]2C[C@H]1c1nc(-c2ccc(-c3ccc(-c4cnc([C@@H]5CC[C@@H](C)N5C(=O)[C@@H](NC(=O)OC)[C@@H]5CCCOC5)[nH]4)cc3)cc2)c(Cl)[nH]1)C1CCCOC1. The number of hydrogen-bond acceptors (Lipinski definition) is 10. The average molecular weight is 883 g/mol. The first-order chi connectivity index (χ1) is 30.6. The zero-order valence-corrected chi connectivity index (χ0v) is 36.6. The normalized spacial score (nSPS) is 26.4. The van der Waals surface area contributed by atoms with Crippen LogP contribution in [0.2, 0.25) is 5.15 Å². The van der Waals surface area contributed by atoms with Crippen LogP contribution < -0.4 is 10.6 Å². The predicted molar refractivity (Wildman–Crippen MR) is 232 cm³/mol. The summed E-state index contributed by atoms with van der Waals surface area (Å²) in [6.07, 6.45) is 7.00. The van der Waals surface area contributed by atoms with Gasteiger partial charge in [0.25, 0.3) is 0 Å². The Balaban J connectivity index is 0.875. The number of piperidine rings is 1. The summed E-state index contributed by atoms with van der Waals surface area (Å²) < 4.78 is 21.2. The second-order valence-electron chi connectivity index (χ2n) is 17.6. The van der Waals surface area contributed by atoms with Gasteiger partial charge in [0, 0.05) is 42.7 Å². The van der Waals surface area contributed by atoms with Gasteiger partial charge in [-0.2, -0.15) is 0 Å². The number of rotatable bonds is 11. The molecule has 9 rings (SSSR count). The van der Waals surface area contributed by atoms with Gasteiger partial charge in [0.05, 0.1) is 51.4 Å². The summed E-state index contributed by atoms with van der Waals surface area (Å²) in [4.78, 5) is 73.4. The molecular weight excluding hydrogens is 828 g/mol. The number of fused-ring (bicyclic) bond motifs is 1. The fourth-order valence-corrected chi connectivity index (χ4v) is 10.4. The highest BCUT2D eigenvalue weighted by molar-refractivity contribution is 6.32. The molecule has 1 saturated carbocycles. The smallest absolute Gasteiger partial charge is 0.407 e. The number of nitrogens with zero attached hydrogens (tertiary/aromatic N) is 4. The van der Waals surface area contributed by atoms with Crippen molar-refractivity contribution in [2.24, 2.45) is 17.8 Å². The third-order valence-corrected chi connectivity index (χ3v) is 13.9. The lowest BCUT2D eigenvalue weighted by Crippen LogP contribution is -2.55. The van der Waals surface area contributed by atoms with E-state index < -0.39 is 24.3 Å². The number of carbonyl (C=O) groups excluding carboxylic acids is 4. The number of benzene rings is 2. The number of imidazole rings is 2. The van der Waals surface area contributed by atoms with E-state index in [1.807, 2.05) is 53.1 Å². The van der Waals surface area contributed by atoms with Crippen molar-refractivity contribution in [1.82, 2.24) is 40.4 Å². The van der Waals surface area contributed by atoms with E-state index >= 15 is 0 Å². The Bertz CT molecular complexity index is 2290. The first-order valence-electron chi connectivity index (χ1n) is 22.1. The van der Waals surface area contributed by atoms with Crippen molar-refractivity contribution < 1.29 is 38.1 Å². The molecule has 4 aromatic rings. The molecule has 17 heteroatoms. The highest BCUT2D eigenvalue weighted by Gasteiger charge is 2.57. The summed E-state index contributed by atoms with van der Waals surface area (Å²) in [5.74, 6) is 1.13. The van der Waals surface area contributed by atoms with E-state index in [1.165, 1.54) is 14.2 Å². The van der Waals surface area contributed by atoms with Gasteiger partial charge in [0.15, 0.2) is 0 Å². The fraction of sp³-hybridized carbons (Fsp3) is 0.522. The predicted octanol–water partition coefficient (Wildman–Crippen LogP) is 6.80. The largest absolute Gasteiger partial charge is 0.453 e. The molecule has 16 nitrogen and oxygen atoms in total. The van der Waals surface area contributed by atoms with Crippen molar-refractivity contribution in [2.75, 3.05) is 40.6 Å². The molecule has 2 aromatic heterocycles. The van der Waals surface area contributed by atoms with Crippen LogP contribution in [-0.2, 0) is 28.5 Å². The van der Waals surface area contributed by atoms with Crippen LogP contribution in [0.15, 0.2) is 54.7 Å². The quantitative estimate of drug-likeness (QED) is 0.125. The molecule has 0 spiro atoms. The highest BCUT2D eigenvalue weighted by atomic mass is 35.5. The molecule has 1 unspecified atom stereocenters. The zero-order valence-electron chi connectivity index (χ0n) is 35.8. The maximum Gasteiger partial charge on any atom is 0.407 e. The summed E-state index contributed by atoms with van der Waals surface area (Å²) in [7, 11) is 2.60. The molecule has 63 heavy (non-hydrogen) atoms. The minimum Gasteiger partial charge on any atom is -0.453 e. The Morgan fingerprint density at radius 1 is 0.730 bits per heavy atom. The van der Waals surface area contributed by atoms with E-state index in [4.69, 9.17) is 40.5 Å². The Morgan fingerprint density at radius 3 is 1.87 bits per heavy atom. The summed E-state index contributed by atoms with van der Waals surface area (Å²) in [5, 5.41) is 6.01. The molecule has 4 amide bonds. The topological polar surface area (TPSA) is 193 Å². The summed E-state index contributed by atoms with van der Waals surface area (Å²) in [5.41, 5.74) is 5.27. The van der Waals surface area contributed by atoms with Crippen molar-refractivity contribution in [3.05, 3.63) is 71.5 Å². The Kier molecular flexibility index (Phi) is 12.5. The molecule has 4 N–H and O–H groups in total. The van der Waals surface area contributed by atoms with Crippen LogP contribution in [0.1, 0.15) is 82.0 Å². The van der Waals surface area contributed by atoms with Gasteiger partial charge in [-0.25, -0.2) is 19.6 Å². The number of alkyl carbamates (subject to hydrolysis) is 2. The number of likely N-dealkylation sites (tertiary alicyclic amines) is 2. The first kappa shape index (κ1) is 42.8. The number of aromatic nitrogens is 4. The van der Waals surface area contributed by atoms with Crippen molar-refractivity contribution in [3.8, 4) is 33.6 Å².